The Balaban J connectivity index is 1.67. The summed E-state index contributed by atoms with van der Waals surface area (Å²) in [6.45, 7) is 0. The van der Waals surface area contributed by atoms with Gasteiger partial charge in [0, 0.05) is 17.0 Å². The van der Waals surface area contributed by atoms with Crippen LogP contribution >= 0.6 is 0 Å². The summed E-state index contributed by atoms with van der Waals surface area (Å²) in [5, 5.41) is 5.28. The zero-order valence-electron chi connectivity index (χ0n) is 18.0. The van der Waals surface area contributed by atoms with Gasteiger partial charge < -0.3 is 0 Å². The van der Waals surface area contributed by atoms with Crippen LogP contribution in [0.2, 0.25) is 0 Å². The molecule has 0 spiro atoms. The Morgan fingerprint density at radius 3 is 1.88 bits per heavy atom. The molecule has 1 heterocycles. The van der Waals surface area contributed by atoms with E-state index in [0.29, 0.717) is 5.92 Å². The molecule has 0 amide bonds. The third-order valence-electron chi connectivity index (χ3n) is 6.67. The maximum atomic E-state index is 5.14. The van der Waals surface area contributed by atoms with Crippen LogP contribution in [0.4, 0.5) is 0 Å². The number of aromatic nitrogens is 1. The molecule has 6 rings (SSSR count). The average molecular weight is 412 g/mol. The van der Waals surface area contributed by atoms with Crippen molar-refractivity contribution in [2.24, 2.45) is 0 Å². The normalized spacial score (nSPS) is 15.9. The minimum Gasteiger partial charge on any atom is -0.248 e. The molecule has 1 heteroatoms. The van der Waals surface area contributed by atoms with Crippen molar-refractivity contribution in [3.05, 3.63) is 115 Å². The first-order valence-electron chi connectivity index (χ1n) is 11.5. The molecule has 5 aromatic rings. The number of allylic oxidation sites excluding steroid dienone is 2. The van der Waals surface area contributed by atoms with E-state index in [-0.39, 0.29) is 0 Å². The van der Waals surface area contributed by atoms with Gasteiger partial charge >= 0.3 is 0 Å². The molecule has 154 valence electrons. The van der Waals surface area contributed by atoms with Crippen molar-refractivity contribution < 1.29 is 0 Å². The molecule has 1 atom stereocenters. The minimum absolute atomic E-state index is 0.469. The minimum atomic E-state index is 0.469. The number of hydrogen-bond acceptors (Lipinski definition) is 1. The van der Waals surface area contributed by atoms with Crippen molar-refractivity contribution in [1.82, 2.24) is 4.98 Å². The molecule has 0 bridgehead atoms. The van der Waals surface area contributed by atoms with Crippen molar-refractivity contribution in [1.29, 1.82) is 0 Å². The lowest BCUT2D eigenvalue weighted by atomic mass is 9.81. The Kier molecular flexibility index (Phi) is 4.81. The van der Waals surface area contributed by atoms with Gasteiger partial charge in [-0.15, -0.1) is 0 Å². The second-order valence-corrected chi connectivity index (χ2v) is 8.62. The van der Waals surface area contributed by atoms with Gasteiger partial charge in [-0.2, -0.15) is 0 Å². The van der Waals surface area contributed by atoms with E-state index in [1.54, 1.807) is 0 Å². The molecular formula is C31H25N. The lowest BCUT2D eigenvalue weighted by molar-refractivity contribution is 0.660. The zero-order valence-corrected chi connectivity index (χ0v) is 18.0. The van der Waals surface area contributed by atoms with Crippen molar-refractivity contribution in [3.63, 3.8) is 0 Å². The molecule has 0 saturated heterocycles. The zero-order chi connectivity index (χ0) is 21.3. The second-order valence-electron chi connectivity index (χ2n) is 8.62. The van der Waals surface area contributed by atoms with Gasteiger partial charge in [-0.3, -0.25) is 0 Å². The first-order valence-corrected chi connectivity index (χ1v) is 11.5. The third-order valence-corrected chi connectivity index (χ3v) is 6.67. The number of rotatable bonds is 3. The first-order chi connectivity index (χ1) is 15.9. The van der Waals surface area contributed by atoms with E-state index in [2.05, 4.69) is 103 Å². The van der Waals surface area contributed by atoms with Gasteiger partial charge in [0.25, 0.3) is 0 Å². The van der Waals surface area contributed by atoms with E-state index in [0.717, 1.165) is 17.0 Å². The fraction of sp³-hybridized carbons (Fsp3) is 0.129. The molecule has 1 aromatic heterocycles. The largest absolute Gasteiger partial charge is 0.248 e. The highest BCUT2D eigenvalue weighted by Crippen LogP contribution is 2.43. The molecule has 1 unspecified atom stereocenters. The van der Waals surface area contributed by atoms with E-state index in [1.165, 1.54) is 51.9 Å². The molecule has 0 aliphatic heterocycles. The predicted molar refractivity (Wildman–Crippen MR) is 136 cm³/mol. The molecule has 0 N–H and O–H groups in total. The topological polar surface area (TPSA) is 12.9 Å². The quantitative estimate of drug-likeness (QED) is 0.214. The molecular weight excluding hydrogens is 386 g/mol. The van der Waals surface area contributed by atoms with Gasteiger partial charge in [0.05, 0.1) is 11.4 Å². The van der Waals surface area contributed by atoms with E-state index in [1.807, 2.05) is 6.07 Å². The smallest absolute Gasteiger partial charge is 0.0722 e. The lowest BCUT2D eigenvalue weighted by Crippen LogP contribution is -2.03. The number of nitrogens with zero attached hydrogens (tertiary/aromatic N) is 1. The van der Waals surface area contributed by atoms with Crippen LogP contribution < -0.4 is 0 Å². The van der Waals surface area contributed by atoms with Gasteiger partial charge in [0.15, 0.2) is 0 Å². The summed E-state index contributed by atoms with van der Waals surface area (Å²) in [6, 6.07) is 34.6. The van der Waals surface area contributed by atoms with Crippen molar-refractivity contribution in [2.75, 3.05) is 0 Å². The SMILES string of the molecule is C1=CC(c2c3ccccc3c(-c3cccc(-c4ccccc4)n3)c3ccccc23)CCC1. The standard InChI is InChI=1S/C31H25N/c1-3-12-22(13-4-1)28-20-11-21-29(32-28)31-26-18-9-7-16-24(26)30(23-14-5-2-6-15-23)25-17-8-10-19-27(25)31/h1,3-5,7-14,16-21,23H,2,6,15H2. The van der Waals surface area contributed by atoms with Crippen LogP contribution in [0.5, 0.6) is 0 Å². The molecule has 0 fully saturated rings. The van der Waals surface area contributed by atoms with Crippen LogP contribution in [0.15, 0.2) is 109 Å². The molecule has 32 heavy (non-hydrogen) atoms. The highest BCUT2D eigenvalue weighted by atomic mass is 14.7. The van der Waals surface area contributed by atoms with E-state index in [4.69, 9.17) is 4.98 Å². The van der Waals surface area contributed by atoms with E-state index in [9.17, 15) is 0 Å². The van der Waals surface area contributed by atoms with Gasteiger partial charge in [-0.25, -0.2) is 4.98 Å². The summed E-state index contributed by atoms with van der Waals surface area (Å²) < 4.78 is 0. The highest BCUT2D eigenvalue weighted by Gasteiger charge is 2.21. The number of fused-ring (bicyclic) bond motifs is 2. The Hall–Kier alpha value is -3.71. The summed E-state index contributed by atoms with van der Waals surface area (Å²) in [5.41, 5.74) is 5.89. The fourth-order valence-electron chi connectivity index (χ4n) is 5.23. The van der Waals surface area contributed by atoms with Crippen LogP contribution in [0.25, 0.3) is 44.1 Å². The molecule has 4 aromatic carbocycles. The maximum absolute atomic E-state index is 5.14. The van der Waals surface area contributed by atoms with Crippen LogP contribution in [0.3, 0.4) is 0 Å². The summed E-state index contributed by atoms with van der Waals surface area (Å²) >= 11 is 0. The number of hydrogen-bond donors (Lipinski definition) is 0. The Labute approximate surface area is 189 Å². The van der Waals surface area contributed by atoms with Crippen LogP contribution in [-0.2, 0) is 0 Å². The second kappa shape index (κ2) is 8.09. The number of pyridine rings is 1. The molecule has 0 saturated carbocycles. The van der Waals surface area contributed by atoms with E-state index < -0.39 is 0 Å². The third kappa shape index (κ3) is 3.22. The molecule has 0 radical (unpaired) electrons. The van der Waals surface area contributed by atoms with E-state index >= 15 is 0 Å². The highest BCUT2D eigenvalue weighted by molar-refractivity contribution is 6.15. The van der Waals surface area contributed by atoms with Crippen molar-refractivity contribution >= 4 is 21.5 Å². The molecule has 1 aliphatic rings. The molecule has 1 aliphatic carbocycles. The van der Waals surface area contributed by atoms with Gasteiger partial charge in [-0.05, 0) is 58.5 Å². The average Bonchev–Trinajstić information content (AvgIpc) is 2.88. The fourth-order valence-corrected chi connectivity index (χ4v) is 5.23. The molecule has 1 nitrogen and oxygen atoms in total. The Morgan fingerprint density at radius 2 is 1.22 bits per heavy atom. The van der Waals surface area contributed by atoms with Crippen molar-refractivity contribution in [2.45, 2.75) is 25.2 Å². The summed E-state index contributed by atoms with van der Waals surface area (Å²) in [5.74, 6) is 0.469. The summed E-state index contributed by atoms with van der Waals surface area (Å²) in [7, 11) is 0. The summed E-state index contributed by atoms with van der Waals surface area (Å²) in [6.07, 6.45) is 8.45. The van der Waals surface area contributed by atoms with Gasteiger partial charge in [0.1, 0.15) is 0 Å². The summed E-state index contributed by atoms with van der Waals surface area (Å²) in [4.78, 5) is 5.14. The van der Waals surface area contributed by atoms with Crippen LogP contribution in [0, 0.1) is 0 Å². The van der Waals surface area contributed by atoms with Crippen LogP contribution in [-0.4, -0.2) is 4.98 Å². The maximum Gasteiger partial charge on any atom is 0.0722 e. The van der Waals surface area contributed by atoms with Gasteiger partial charge in [-0.1, -0.05) is 97.1 Å². The Morgan fingerprint density at radius 1 is 0.594 bits per heavy atom. The van der Waals surface area contributed by atoms with Gasteiger partial charge in [0.2, 0.25) is 0 Å². The number of benzene rings is 4. The predicted octanol–water partition coefficient (Wildman–Crippen LogP) is 8.55. The monoisotopic (exact) mass is 411 g/mol. The first kappa shape index (κ1) is 19.0. The lowest BCUT2D eigenvalue weighted by Gasteiger charge is -2.23. The van der Waals surface area contributed by atoms with Crippen LogP contribution in [0.1, 0.15) is 30.7 Å². The van der Waals surface area contributed by atoms with Crippen molar-refractivity contribution in [3.8, 4) is 22.5 Å². The Bertz CT molecular complexity index is 1390.